The van der Waals surface area contributed by atoms with Crippen molar-refractivity contribution in [3.8, 4) is 17.2 Å². The lowest BCUT2D eigenvalue weighted by atomic mass is 10.1. The van der Waals surface area contributed by atoms with Crippen molar-refractivity contribution in [2.24, 2.45) is 0 Å². The van der Waals surface area contributed by atoms with Gasteiger partial charge in [-0.25, -0.2) is 0 Å². The molecule has 0 aliphatic rings. The third kappa shape index (κ3) is 3.85. The van der Waals surface area contributed by atoms with E-state index in [9.17, 15) is 4.79 Å². The smallest absolute Gasteiger partial charge is 0.257 e. The maximum Gasteiger partial charge on any atom is 0.257 e. The largest absolute Gasteiger partial charge is 0.497 e. The van der Waals surface area contributed by atoms with E-state index in [2.05, 4.69) is 15.5 Å². The Bertz CT molecular complexity index is 885. The van der Waals surface area contributed by atoms with E-state index >= 15 is 0 Å². The second kappa shape index (κ2) is 7.17. The zero-order chi connectivity index (χ0) is 17.8. The molecule has 0 spiro atoms. The summed E-state index contributed by atoms with van der Waals surface area (Å²) in [4.78, 5) is 16.6. The maximum atomic E-state index is 12.3. The predicted molar refractivity (Wildman–Crippen MR) is 93.4 cm³/mol. The number of ether oxygens (including phenoxy) is 1. The summed E-state index contributed by atoms with van der Waals surface area (Å²) in [5.41, 5.74) is 3.49. The summed E-state index contributed by atoms with van der Waals surface area (Å²) in [6.45, 7) is 4.11. The molecule has 0 saturated heterocycles. The van der Waals surface area contributed by atoms with Crippen LogP contribution >= 0.6 is 0 Å². The normalized spacial score (nSPS) is 10.5. The Kier molecular flexibility index (Phi) is 4.79. The molecule has 0 radical (unpaired) electrons. The fraction of sp³-hybridized carbons (Fsp3) is 0.211. The maximum absolute atomic E-state index is 12.3. The van der Waals surface area contributed by atoms with Crippen LogP contribution in [-0.4, -0.2) is 23.2 Å². The van der Waals surface area contributed by atoms with Gasteiger partial charge in [-0.3, -0.25) is 4.79 Å². The molecule has 1 N–H and O–H groups in total. The summed E-state index contributed by atoms with van der Waals surface area (Å²) in [6.07, 6.45) is 0. The fourth-order valence-corrected chi connectivity index (χ4v) is 2.50. The van der Waals surface area contributed by atoms with Gasteiger partial charge in [-0.1, -0.05) is 22.9 Å². The molecule has 6 heteroatoms. The van der Waals surface area contributed by atoms with Crippen LogP contribution in [0.3, 0.4) is 0 Å². The molecule has 3 rings (SSSR count). The minimum Gasteiger partial charge on any atom is -0.497 e. The standard InChI is InChI=1S/C19H19N3O3/c1-12-4-9-16(13(2)10-12)18(23)20-11-17-21-19(25-22-17)14-5-7-15(24-3)8-6-14/h4-10H,11H2,1-3H3,(H,20,23). The Balaban J connectivity index is 1.66. The van der Waals surface area contributed by atoms with Gasteiger partial charge in [0.1, 0.15) is 5.75 Å². The van der Waals surface area contributed by atoms with Crippen LogP contribution in [0.1, 0.15) is 27.3 Å². The number of aromatic nitrogens is 2. The summed E-state index contributed by atoms with van der Waals surface area (Å²) in [5.74, 6) is 1.42. The van der Waals surface area contributed by atoms with Crippen molar-refractivity contribution >= 4 is 5.91 Å². The number of aryl methyl sites for hydroxylation is 2. The molecule has 0 aliphatic carbocycles. The van der Waals surface area contributed by atoms with E-state index in [1.807, 2.05) is 56.3 Å². The first-order valence-electron chi connectivity index (χ1n) is 7.89. The molecule has 2 aromatic carbocycles. The van der Waals surface area contributed by atoms with Crippen LogP contribution in [0.4, 0.5) is 0 Å². The van der Waals surface area contributed by atoms with Gasteiger partial charge in [0.25, 0.3) is 11.8 Å². The average molecular weight is 337 g/mol. The van der Waals surface area contributed by atoms with Gasteiger partial charge >= 0.3 is 0 Å². The Labute approximate surface area is 145 Å². The highest BCUT2D eigenvalue weighted by molar-refractivity contribution is 5.95. The van der Waals surface area contributed by atoms with E-state index in [0.29, 0.717) is 17.3 Å². The molecule has 0 saturated carbocycles. The number of hydrogen-bond acceptors (Lipinski definition) is 5. The van der Waals surface area contributed by atoms with Crippen molar-refractivity contribution in [3.63, 3.8) is 0 Å². The third-order valence-corrected chi connectivity index (χ3v) is 3.84. The highest BCUT2D eigenvalue weighted by Crippen LogP contribution is 2.20. The van der Waals surface area contributed by atoms with E-state index < -0.39 is 0 Å². The van der Waals surface area contributed by atoms with Gasteiger partial charge in [0.2, 0.25) is 0 Å². The van der Waals surface area contributed by atoms with Crippen LogP contribution in [0, 0.1) is 13.8 Å². The number of methoxy groups -OCH3 is 1. The molecule has 3 aromatic rings. The van der Waals surface area contributed by atoms with Gasteiger partial charge in [0.15, 0.2) is 5.82 Å². The van der Waals surface area contributed by atoms with Crippen LogP contribution in [0.2, 0.25) is 0 Å². The van der Waals surface area contributed by atoms with E-state index in [-0.39, 0.29) is 12.5 Å². The fourth-order valence-electron chi connectivity index (χ4n) is 2.50. The van der Waals surface area contributed by atoms with Crippen LogP contribution in [0.25, 0.3) is 11.5 Å². The molecule has 0 unspecified atom stereocenters. The van der Waals surface area contributed by atoms with Gasteiger partial charge in [0, 0.05) is 11.1 Å². The Morgan fingerprint density at radius 1 is 1.16 bits per heavy atom. The molecule has 0 fully saturated rings. The SMILES string of the molecule is COc1ccc(-c2nc(CNC(=O)c3ccc(C)cc3C)no2)cc1. The van der Waals surface area contributed by atoms with E-state index in [0.717, 1.165) is 22.4 Å². The molecule has 0 aliphatic heterocycles. The van der Waals surface area contributed by atoms with E-state index in [1.165, 1.54) is 0 Å². The highest BCUT2D eigenvalue weighted by atomic mass is 16.5. The van der Waals surface area contributed by atoms with Gasteiger partial charge in [-0.15, -0.1) is 0 Å². The number of amides is 1. The van der Waals surface area contributed by atoms with E-state index in [1.54, 1.807) is 7.11 Å². The summed E-state index contributed by atoms with van der Waals surface area (Å²) >= 11 is 0. The quantitative estimate of drug-likeness (QED) is 0.773. The van der Waals surface area contributed by atoms with Crippen molar-refractivity contribution < 1.29 is 14.1 Å². The molecule has 6 nitrogen and oxygen atoms in total. The van der Waals surface area contributed by atoms with Gasteiger partial charge in [-0.2, -0.15) is 4.98 Å². The van der Waals surface area contributed by atoms with Crippen molar-refractivity contribution in [3.05, 3.63) is 65.0 Å². The number of nitrogens with one attached hydrogen (secondary N) is 1. The number of hydrogen-bond donors (Lipinski definition) is 1. The highest BCUT2D eigenvalue weighted by Gasteiger charge is 2.12. The number of benzene rings is 2. The summed E-state index contributed by atoms with van der Waals surface area (Å²) < 4.78 is 10.4. The Morgan fingerprint density at radius 3 is 2.60 bits per heavy atom. The molecule has 0 bridgehead atoms. The third-order valence-electron chi connectivity index (χ3n) is 3.84. The monoisotopic (exact) mass is 337 g/mol. The molecule has 128 valence electrons. The Morgan fingerprint density at radius 2 is 1.92 bits per heavy atom. The van der Waals surface area contributed by atoms with Crippen molar-refractivity contribution in [2.45, 2.75) is 20.4 Å². The van der Waals surface area contributed by atoms with Crippen LogP contribution in [-0.2, 0) is 6.54 Å². The summed E-state index contributed by atoms with van der Waals surface area (Å²) in [5, 5.41) is 6.72. The topological polar surface area (TPSA) is 77.2 Å². The Hall–Kier alpha value is -3.15. The number of rotatable bonds is 5. The van der Waals surface area contributed by atoms with Crippen molar-refractivity contribution in [1.29, 1.82) is 0 Å². The molecule has 1 heterocycles. The van der Waals surface area contributed by atoms with Crippen LogP contribution in [0.5, 0.6) is 5.75 Å². The first-order chi connectivity index (χ1) is 12.1. The minimum atomic E-state index is -0.159. The second-order valence-corrected chi connectivity index (χ2v) is 5.75. The second-order valence-electron chi connectivity index (χ2n) is 5.75. The number of carbonyl (C=O) groups is 1. The zero-order valence-electron chi connectivity index (χ0n) is 14.4. The van der Waals surface area contributed by atoms with Crippen molar-refractivity contribution in [1.82, 2.24) is 15.5 Å². The lowest BCUT2D eigenvalue weighted by Crippen LogP contribution is -2.24. The first kappa shape index (κ1) is 16.7. The van der Waals surface area contributed by atoms with Crippen LogP contribution < -0.4 is 10.1 Å². The van der Waals surface area contributed by atoms with E-state index in [4.69, 9.17) is 9.26 Å². The lowest BCUT2D eigenvalue weighted by molar-refractivity contribution is 0.0949. The minimum absolute atomic E-state index is 0.159. The number of nitrogens with zero attached hydrogens (tertiary/aromatic N) is 2. The molecular formula is C19H19N3O3. The average Bonchev–Trinajstić information content (AvgIpc) is 3.09. The zero-order valence-corrected chi connectivity index (χ0v) is 14.4. The first-order valence-corrected chi connectivity index (χ1v) is 7.89. The molecular weight excluding hydrogens is 318 g/mol. The molecule has 1 aromatic heterocycles. The summed E-state index contributed by atoms with van der Waals surface area (Å²) in [6, 6.07) is 13.0. The molecule has 0 atom stereocenters. The van der Waals surface area contributed by atoms with Crippen LogP contribution in [0.15, 0.2) is 47.0 Å². The van der Waals surface area contributed by atoms with Crippen molar-refractivity contribution in [2.75, 3.05) is 7.11 Å². The number of carbonyl (C=O) groups excluding carboxylic acids is 1. The van der Waals surface area contributed by atoms with Gasteiger partial charge in [-0.05, 0) is 49.7 Å². The lowest BCUT2D eigenvalue weighted by Gasteiger charge is -2.06. The van der Waals surface area contributed by atoms with Gasteiger partial charge < -0.3 is 14.6 Å². The van der Waals surface area contributed by atoms with Gasteiger partial charge in [0.05, 0.1) is 13.7 Å². The summed E-state index contributed by atoms with van der Waals surface area (Å²) in [7, 11) is 1.61. The molecule has 1 amide bonds. The predicted octanol–water partition coefficient (Wildman–Crippen LogP) is 3.29. The molecule has 25 heavy (non-hydrogen) atoms.